The highest BCUT2D eigenvalue weighted by atomic mass is 16.3. The Balaban J connectivity index is 1.03. The molecule has 0 saturated heterocycles. The van der Waals surface area contributed by atoms with Crippen LogP contribution in [-0.4, -0.2) is 0 Å². The zero-order valence-electron chi connectivity index (χ0n) is 27.0. The van der Waals surface area contributed by atoms with Crippen LogP contribution in [0.2, 0.25) is 0 Å². The normalized spacial score (nSPS) is 11.6. The molecule has 10 aromatic rings. The minimum atomic E-state index is 0.646. The van der Waals surface area contributed by atoms with E-state index in [1.165, 1.54) is 43.4 Å². The molecule has 0 unspecified atom stereocenters. The van der Waals surface area contributed by atoms with Crippen molar-refractivity contribution in [1.29, 1.82) is 5.26 Å². The summed E-state index contributed by atoms with van der Waals surface area (Å²) in [7, 11) is 0. The fourth-order valence-electron chi connectivity index (χ4n) is 7.59. The van der Waals surface area contributed by atoms with E-state index in [0.29, 0.717) is 5.56 Å². The highest BCUT2D eigenvalue weighted by Crippen LogP contribution is 2.41. The fourth-order valence-corrected chi connectivity index (χ4v) is 7.59. The molecule has 0 saturated carbocycles. The van der Waals surface area contributed by atoms with E-state index < -0.39 is 0 Å². The van der Waals surface area contributed by atoms with E-state index in [4.69, 9.17) is 4.42 Å². The lowest BCUT2D eigenvalue weighted by molar-refractivity contribution is 0.669. The molecule has 0 radical (unpaired) electrons. The van der Waals surface area contributed by atoms with Gasteiger partial charge in [0.05, 0.1) is 11.6 Å². The first-order valence-corrected chi connectivity index (χ1v) is 16.8. The summed E-state index contributed by atoms with van der Waals surface area (Å²) in [5.41, 5.74) is 10.3. The summed E-state index contributed by atoms with van der Waals surface area (Å²) in [6.07, 6.45) is 0. The molecule has 0 atom stereocenters. The van der Waals surface area contributed by atoms with Gasteiger partial charge in [-0.15, -0.1) is 0 Å². The van der Waals surface area contributed by atoms with Crippen molar-refractivity contribution in [2.24, 2.45) is 0 Å². The lowest BCUT2D eigenvalue weighted by Crippen LogP contribution is -2.09. The van der Waals surface area contributed by atoms with E-state index in [2.05, 4.69) is 126 Å². The summed E-state index contributed by atoms with van der Waals surface area (Å²) >= 11 is 0. The van der Waals surface area contributed by atoms with Gasteiger partial charge in [0.2, 0.25) is 0 Å². The molecular weight excluding hydrogens is 609 g/mol. The van der Waals surface area contributed by atoms with Crippen LogP contribution in [0.15, 0.2) is 174 Å². The van der Waals surface area contributed by atoms with Gasteiger partial charge in [0.15, 0.2) is 0 Å². The van der Waals surface area contributed by atoms with E-state index in [-0.39, 0.29) is 0 Å². The number of nitrogens with zero attached hydrogens (tertiary/aromatic N) is 2. The van der Waals surface area contributed by atoms with E-state index in [1.807, 2.05) is 54.6 Å². The van der Waals surface area contributed by atoms with Crippen molar-refractivity contribution >= 4 is 71.3 Å². The van der Waals surface area contributed by atoms with Crippen LogP contribution < -0.4 is 4.90 Å². The number of fused-ring (bicyclic) bond motifs is 3. The van der Waals surface area contributed by atoms with Gasteiger partial charge in [0, 0.05) is 27.8 Å². The average Bonchev–Trinajstić information content (AvgIpc) is 3.56. The highest BCUT2D eigenvalue weighted by molar-refractivity contribution is 6.24. The van der Waals surface area contributed by atoms with Gasteiger partial charge >= 0.3 is 0 Å². The van der Waals surface area contributed by atoms with E-state index in [0.717, 1.165) is 50.1 Å². The van der Waals surface area contributed by atoms with Crippen LogP contribution in [0.4, 0.5) is 17.1 Å². The lowest BCUT2D eigenvalue weighted by Gasteiger charge is -2.25. The van der Waals surface area contributed by atoms with Crippen LogP contribution in [-0.2, 0) is 0 Å². The third-order valence-electron chi connectivity index (χ3n) is 9.97. The molecule has 0 aliphatic heterocycles. The first-order chi connectivity index (χ1) is 24.7. The van der Waals surface area contributed by atoms with Gasteiger partial charge in [0.25, 0.3) is 0 Å². The third kappa shape index (κ3) is 4.51. The smallest absolute Gasteiger partial charge is 0.136 e. The molecule has 0 N–H and O–H groups in total. The first-order valence-electron chi connectivity index (χ1n) is 16.8. The van der Waals surface area contributed by atoms with Crippen molar-refractivity contribution in [2.45, 2.75) is 0 Å². The van der Waals surface area contributed by atoms with Crippen LogP contribution in [0.25, 0.3) is 76.5 Å². The number of anilines is 3. The second kappa shape index (κ2) is 11.1. The van der Waals surface area contributed by atoms with Gasteiger partial charge in [-0.2, -0.15) is 5.26 Å². The summed E-state index contributed by atoms with van der Waals surface area (Å²) in [6, 6.07) is 62.1. The monoisotopic (exact) mass is 636 g/mol. The van der Waals surface area contributed by atoms with Crippen molar-refractivity contribution < 1.29 is 4.42 Å². The Hall–Kier alpha value is -6.89. The SMILES string of the molecule is N#Cc1ccc(N(c2ccccc2)c2ccc(-c3cc4ccc5cc(-c6ccc7c(c6)oc6ccccc67)cc6ccc(c3)c4c56)cc2)cc1. The molecule has 1 heterocycles. The predicted octanol–water partition coefficient (Wildman–Crippen LogP) is 13.2. The number of para-hydroxylation sites is 2. The van der Waals surface area contributed by atoms with Crippen molar-refractivity contribution in [1.82, 2.24) is 0 Å². The zero-order chi connectivity index (χ0) is 33.2. The van der Waals surface area contributed by atoms with Crippen LogP contribution in [0.3, 0.4) is 0 Å². The molecule has 0 fully saturated rings. The summed E-state index contributed by atoms with van der Waals surface area (Å²) in [4.78, 5) is 2.22. The second-order valence-corrected chi connectivity index (χ2v) is 12.9. The lowest BCUT2D eigenvalue weighted by atomic mass is 9.89. The van der Waals surface area contributed by atoms with Crippen molar-refractivity contribution in [2.75, 3.05) is 4.90 Å². The fraction of sp³-hybridized carbons (Fsp3) is 0. The van der Waals surface area contributed by atoms with Gasteiger partial charge in [-0.25, -0.2) is 0 Å². The molecule has 3 heteroatoms. The Morgan fingerprint density at radius 1 is 0.400 bits per heavy atom. The summed E-state index contributed by atoms with van der Waals surface area (Å²) in [6.45, 7) is 0. The molecule has 3 nitrogen and oxygen atoms in total. The molecule has 0 aliphatic carbocycles. The Morgan fingerprint density at radius 3 is 1.52 bits per heavy atom. The minimum Gasteiger partial charge on any atom is -0.456 e. The van der Waals surface area contributed by atoms with Crippen molar-refractivity contribution in [3.63, 3.8) is 0 Å². The molecule has 9 aromatic carbocycles. The number of hydrogen-bond donors (Lipinski definition) is 0. The quantitative estimate of drug-likeness (QED) is 0.177. The molecule has 0 bridgehead atoms. The average molecular weight is 637 g/mol. The summed E-state index contributed by atoms with van der Waals surface area (Å²) in [5, 5.41) is 19.2. The zero-order valence-corrected chi connectivity index (χ0v) is 27.0. The van der Waals surface area contributed by atoms with E-state index in [9.17, 15) is 5.26 Å². The van der Waals surface area contributed by atoms with Crippen LogP contribution >= 0.6 is 0 Å². The molecule has 232 valence electrons. The number of hydrogen-bond acceptors (Lipinski definition) is 3. The maximum atomic E-state index is 9.33. The third-order valence-corrected chi connectivity index (χ3v) is 9.97. The van der Waals surface area contributed by atoms with Crippen LogP contribution in [0, 0.1) is 11.3 Å². The van der Waals surface area contributed by atoms with Gasteiger partial charge < -0.3 is 9.32 Å². The van der Waals surface area contributed by atoms with E-state index >= 15 is 0 Å². The van der Waals surface area contributed by atoms with Crippen LogP contribution in [0.5, 0.6) is 0 Å². The Bertz CT molecular complexity index is 2850. The molecular formula is C47H28N2O. The minimum absolute atomic E-state index is 0.646. The Morgan fingerprint density at radius 2 is 0.900 bits per heavy atom. The predicted molar refractivity (Wildman–Crippen MR) is 208 cm³/mol. The Kier molecular flexibility index (Phi) is 6.24. The van der Waals surface area contributed by atoms with Gasteiger partial charge in [-0.3, -0.25) is 0 Å². The van der Waals surface area contributed by atoms with E-state index in [1.54, 1.807) is 0 Å². The Labute approximate surface area is 288 Å². The van der Waals surface area contributed by atoms with Crippen molar-refractivity contribution in [3.8, 4) is 28.3 Å². The standard InChI is InChI=1S/C47H28N2O/c48-29-30-10-19-40(20-11-30)49(39-6-2-1-3-7-39)41-21-16-31(17-22-41)37-24-33-12-14-35-26-38(27-36-15-13-34(25-37)46(33)47(35)36)32-18-23-43-42-8-4-5-9-44(42)50-45(43)28-32/h1-28H. The topological polar surface area (TPSA) is 40.2 Å². The molecule has 10 rings (SSSR count). The second-order valence-electron chi connectivity index (χ2n) is 12.9. The maximum absolute atomic E-state index is 9.33. The van der Waals surface area contributed by atoms with Gasteiger partial charge in [-0.1, -0.05) is 78.9 Å². The summed E-state index contributed by atoms with van der Waals surface area (Å²) < 4.78 is 6.21. The number of furan rings is 1. The summed E-state index contributed by atoms with van der Waals surface area (Å²) in [5.74, 6) is 0. The number of nitriles is 1. The molecule has 0 spiro atoms. The number of rotatable bonds is 5. The molecule has 1 aromatic heterocycles. The molecule has 0 amide bonds. The molecule has 0 aliphatic rings. The number of benzene rings is 9. The van der Waals surface area contributed by atoms with Crippen molar-refractivity contribution in [3.05, 3.63) is 175 Å². The van der Waals surface area contributed by atoms with Gasteiger partial charge in [0.1, 0.15) is 11.2 Å². The highest BCUT2D eigenvalue weighted by Gasteiger charge is 2.16. The van der Waals surface area contributed by atoms with Crippen LogP contribution in [0.1, 0.15) is 5.56 Å². The maximum Gasteiger partial charge on any atom is 0.136 e. The first kappa shape index (κ1) is 28.2. The largest absolute Gasteiger partial charge is 0.456 e. The van der Waals surface area contributed by atoms with Gasteiger partial charge in [-0.05, 0) is 146 Å². The molecule has 50 heavy (non-hydrogen) atoms.